The molecule has 0 bridgehead atoms. The van der Waals surface area contributed by atoms with E-state index in [4.69, 9.17) is 16.1 Å². The first-order chi connectivity index (χ1) is 12.6. The summed E-state index contributed by atoms with van der Waals surface area (Å²) in [5, 5.41) is 7.60. The van der Waals surface area contributed by atoms with Crippen LogP contribution >= 0.6 is 11.6 Å². The highest BCUT2D eigenvalue weighted by Crippen LogP contribution is 2.20. The van der Waals surface area contributed by atoms with Gasteiger partial charge in [-0.3, -0.25) is 4.79 Å². The molecule has 3 aromatic rings. The van der Waals surface area contributed by atoms with Crippen molar-refractivity contribution in [3.8, 4) is 11.4 Å². The standard InChI is InChI=1S/C20H20ClN3O2/c1-14-5-2-3-8-17(14)20-23-19(26-24-20)10-9-18(25)22-12-11-15-6-4-7-16(21)13-15/h2-8,13H,9-12H2,1H3,(H,22,25). The van der Waals surface area contributed by atoms with Crippen molar-refractivity contribution >= 4 is 17.5 Å². The third kappa shape index (κ3) is 4.92. The highest BCUT2D eigenvalue weighted by molar-refractivity contribution is 6.30. The van der Waals surface area contributed by atoms with Gasteiger partial charge in [-0.15, -0.1) is 0 Å². The number of nitrogens with zero attached hydrogens (tertiary/aromatic N) is 2. The van der Waals surface area contributed by atoms with Crippen molar-refractivity contribution in [1.82, 2.24) is 15.5 Å². The highest BCUT2D eigenvalue weighted by Gasteiger charge is 2.12. The quantitative estimate of drug-likeness (QED) is 0.683. The van der Waals surface area contributed by atoms with Gasteiger partial charge in [-0.2, -0.15) is 4.98 Å². The van der Waals surface area contributed by atoms with Gasteiger partial charge in [0.25, 0.3) is 0 Å². The van der Waals surface area contributed by atoms with Crippen LogP contribution in [0.2, 0.25) is 5.02 Å². The minimum absolute atomic E-state index is 0.0392. The van der Waals surface area contributed by atoms with Gasteiger partial charge in [0.1, 0.15) is 0 Å². The summed E-state index contributed by atoms with van der Waals surface area (Å²) in [5.74, 6) is 0.982. The monoisotopic (exact) mass is 369 g/mol. The number of carbonyl (C=O) groups is 1. The molecule has 0 aliphatic heterocycles. The normalized spacial score (nSPS) is 10.7. The van der Waals surface area contributed by atoms with Crippen LogP contribution in [-0.4, -0.2) is 22.6 Å². The van der Waals surface area contributed by atoms with Crippen LogP contribution in [0.4, 0.5) is 0 Å². The molecule has 134 valence electrons. The molecule has 0 aliphatic rings. The lowest BCUT2D eigenvalue weighted by Crippen LogP contribution is -2.25. The number of benzene rings is 2. The van der Waals surface area contributed by atoms with E-state index in [1.807, 2.05) is 55.5 Å². The fraction of sp³-hybridized carbons (Fsp3) is 0.250. The van der Waals surface area contributed by atoms with Crippen LogP contribution in [0.5, 0.6) is 0 Å². The van der Waals surface area contributed by atoms with Crippen LogP contribution in [0.3, 0.4) is 0 Å². The Hall–Kier alpha value is -2.66. The van der Waals surface area contributed by atoms with Crippen molar-refractivity contribution in [2.24, 2.45) is 0 Å². The van der Waals surface area contributed by atoms with Gasteiger partial charge in [-0.05, 0) is 36.6 Å². The lowest BCUT2D eigenvalue weighted by atomic mass is 10.1. The number of nitrogens with one attached hydrogen (secondary N) is 1. The average molecular weight is 370 g/mol. The van der Waals surface area contributed by atoms with Gasteiger partial charge in [-0.1, -0.05) is 53.2 Å². The Morgan fingerprint density at radius 3 is 2.81 bits per heavy atom. The van der Waals surface area contributed by atoms with Crippen LogP contribution in [0.1, 0.15) is 23.4 Å². The van der Waals surface area contributed by atoms with Gasteiger partial charge in [0, 0.05) is 30.0 Å². The summed E-state index contributed by atoms with van der Waals surface area (Å²) in [6.45, 7) is 2.57. The summed E-state index contributed by atoms with van der Waals surface area (Å²) in [6.07, 6.45) is 1.47. The van der Waals surface area contributed by atoms with Crippen molar-refractivity contribution < 1.29 is 9.32 Å². The number of aromatic nitrogens is 2. The summed E-state index contributed by atoms with van der Waals surface area (Å²) in [4.78, 5) is 16.4. The summed E-state index contributed by atoms with van der Waals surface area (Å²) >= 11 is 5.95. The number of hydrogen-bond donors (Lipinski definition) is 1. The third-order valence-electron chi connectivity index (χ3n) is 4.04. The van der Waals surface area contributed by atoms with Crippen molar-refractivity contribution in [2.75, 3.05) is 6.54 Å². The summed E-state index contributed by atoms with van der Waals surface area (Å²) in [5.41, 5.74) is 3.12. The molecule has 5 nitrogen and oxygen atoms in total. The zero-order chi connectivity index (χ0) is 18.4. The van der Waals surface area contributed by atoms with Crippen molar-refractivity contribution in [1.29, 1.82) is 0 Å². The SMILES string of the molecule is Cc1ccccc1-c1noc(CCC(=O)NCCc2cccc(Cl)c2)n1. The fourth-order valence-electron chi connectivity index (χ4n) is 2.64. The third-order valence-corrected chi connectivity index (χ3v) is 4.28. The van der Waals surface area contributed by atoms with E-state index in [-0.39, 0.29) is 5.91 Å². The number of aryl methyl sites for hydroxylation is 2. The lowest BCUT2D eigenvalue weighted by Gasteiger charge is -2.04. The molecule has 1 amide bonds. The summed E-state index contributed by atoms with van der Waals surface area (Å²) < 4.78 is 5.26. The zero-order valence-corrected chi connectivity index (χ0v) is 15.3. The van der Waals surface area contributed by atoms with Gasteiger partial charge in [-0.25, -0.2) is 0 Å². The molecular formula is C20H20ClN3O2. The van der Waals surface area contributed by atoms with Crippen molar-refractivity contribution in [3.05, 3.63) is 70.6 Å². The largest absolute Gasteiger partial charge is 0.356 e. The molecular weight excluding hydrogens is 350 g/mol. The molecule has 6 heteroatoms. The molecule has 0 saturated heterocycles. The number of rotatable bonds is 7. The molecule has 0 atom stereocenters. The molecule has 26 heavy (non-hydrogen) atoms. The summed E-state index contributed by atoms with van der Waals surface area (Å²) in [7, 11) is 0. The molecule has 0 radical (unpaired) electrons. The molecule has 0 unspecified atom stereocenters. The van der Waals surface area contributed by atoms with E-state index in [9.17, 15) is 4.79 Å². The molecule has 1 N–H and O–H groups in total. The Kier molecular flexibility index (Phi) is 6.02. The topological polar surface area (TPSA) is 68.0 Å². The average Bonchev–Trinajstić information content (AvgIpc) is 3.09. The second-order valence-corrected chi connectivity index (χ2v) is 6.49. The molecule has 0 saturated carbocycles. The van der Waals surface area contributed by atoms with Gasteiger partial charge in [0.15, 0.2) is 0 Å². The minimum Gasteiger partial charge on any atom is -0.356 e. The smallest absolute Gasteiger partial charge is 0.227 e. The van der Waals surface area contributed by atoms with Crippen LogP contribution in [-0.2, 0) is 17.6 Å². The first-order valence-electron chi connectivity index (χ1n) is 8.51. The number of halogens is 1. The van der Waals surface area contributed by atoms with Crippen molar-refractivity contribution in [3.63, 3.8) is 0 Å². The van der Waals surface area contributed by atoms with Gasteiger partial charge < -0.3 is 9.84 Å². The van der Waals surface area contributed by atoms with Crippen LogP contribution in [0, 0.1) is 6.92 Å². The Morgan fingerprint density at radius 2 is 2.00 bits per heavy atom. The lowest BCUT2D eigenvalue weighted by molar-refractivity contribution is -0.121. The highest BCUT2D eigenvalue weighted by atomic mass is 35.5. The first kappa shape index (κ1) is 18.1. The fourth-order valence-corrected chi connectivity index (χ4v) is 2.85. The maximum atomic E-state index is 12.0. The number of carbonyl (C=O) groups excluding carboxylic acids is 1. The predicted molar refractivity (Wildman–Crippen MR) is 101 cm³/mol. The Balaban J connectivity index is 1.45. The molecule has 1 aromatic heterocycles. The van der Waals surface area contributed by atoms with E-state index in [1.54, 1.807) is 0 Å². The maximum absolute atomic E-state index is 12.0. The second kappa shape index (κ2) is 8.63. The molecule has 0 aliphatic carbocycles. The van der Waals surface area contributed by atoms with Crippen LogP contribution < -0.4 is 5.32 Å². The Bertz CT molecular complexity index is 892. The van der Waals surface area contributed by atoms with Gasteiger partial charge in [0.2, 0.25) is 17.6 Å². The van der Waals surface area contributed by atoms with Crippen LogP contribution in [0.15, 0.2) is 53.1 Å². The zero-order valence-electron chi connectivity index (χ0n) is 14.5. The Labute approximate surface area is 157 Å². The van der Waals surface area contributed by atoms with Crippen molar-refractivity contribution in [2.45, 2.75) is 26.2 Å². The van der Waals surface area contributed by atoms with Crippen LogP contribution in [0.25, 0.3) is 11.4 Å². The summed E-state index contributed by atoms with van der Waals surface area (Å²) in [6, 6.07) is 15.5. The van der Waals surface area contributed by atoms with E-state index < -0.39 is 0 Å². The maximum Gasteiger partial charge on any atom is 0.227 e. The molecule has 0 fully saturated rings. The predicted octanol–water partition coefficient (Wildman–Crippen LogP) is 3.99. The molecule has 3 rings (SSSR count). The molecule has 2 aromatic carbocycles. The van der Waals surface area contributed by atoms with E-state index in [1.165, 1.54) is 0 Å². The number of amides is 1. The van der Waals surface area contributed by atoms with E-state index in [0.717, 1.165) is 23.1 Å². The molecule has 1 heterocycles. The number of hydrogen-bond acceptors (Lipinski definition) is 4. The van der Waals surface area contributed by atoms with E-state index in [0.29, 0.717) is 36.1 Å². The first-order valence-corrected chi connectivity index (χ1v) is 8.89. The minimum atomic E-state index is -0.0392. The van der Waals surface area contributed by atoms with E-state index in [2.05, 4.69) is 15.5 Å². The second-order valence-electron chi connectivity index (χ2n) is 6.06. The Morgan fingerprint density at radius 1 is 1.15 bits per heavy atom. The molecule has 0 spiro atoms. The van der Waals surface area contributed by atoms with Gasteiger partial charge >= 0.3 is 0 Å². The van der Waals surface area contributed by atoms with E-state index >= 15 is 0 Å². The van der Waals surface area contributed by atoms with Gasteiger partial charge in [0.05, 0.1) is 0 Å².